The van der Waals surface area contributed by atoms with Crippen LogP contribution in [0.5, 0.6) is 0 Å². The molecule has 3 nitrogen and oxygen atoms in total. The molecule has 0 saturated heterocycles. The lowest BCUT2D eigenvalue weighted by Crippen LogP contribution is -2.29. The van der Waals surface area contributed by atoms with Crippen molar-refractivity contribution in [2.75, 3.05) is 18.0 Å². The lowest BCUT2D eigenvalue weighted by molar-refractivity contribution is 0.0995. The van der Waals surface area contributed by atoms with E-state index in [-0.39, 0.29) is 18.1 Å². The molecule has 1 aromatic carbocycles. The first kappa shape index (κ1) is 12.4. The van der Waals surface area contributed by atoms with Crippen molar-refractivity contribution in [3.05, 3.63) is 54.1 Å². The molecule has 2 aromatic rings. The molecule has 0 aliphatic rings. The highest BCUT2D eigenvalue weighted by atomic mass is 19.1. The van der Waals surface area contributed by atoms with Gasteiger partial charge in [-0.25, -0.2) is 4.39 Å². The van der Waals surface area contributed by atoms with E-state index in [2.05, 4.69) is 4.98 Å². The number of H-pyrrole nitrogens is 1. The van der Waals surface area contributed by atoms with E-state index in [9.17, 15) is 9.18 Å². The van der Waals surface area contributed by atoms with E-state index in [0.717, 1.165) is 5.69 Å². The Morgan fingerprint density at radius 3 is 2.56 bits per heavy atom. The molecule has 0 radical (unpaired) electrons. The number of nitrogens with zero attached hydrogens (tertiary/aromatic N) is 1. The summed E-state index contributed by atoms with van der Waals surface area (Å²) in [6.07, 6.45) is 1.72. The second-order valence-corrected chi connectivity index (χ2v) is 4.00. The lowest BCUT2D eigenvalue weighted by Gasteiger charge is -2.21. The highest BCUT2D eigenvalue weighted by Crippen LogP contribution is 2.15. The number of rotatable bonds is 5. The van der Waals surface area contributed by atoms with Crippen LogP contribution in [0.2, 0.25) is 0 Å². The average molecular weight is 246 g/mol. The molecule has 0 saturated carbocycles. The van der Waals surface area contributed by atoms with Gasteiger partial charge in [0, 0.05) is 18.4 Å². The Morgan fingerprint density at radius 2 is 2.00 bits per heavy atom. The predicted molar refractivity (Wildman–Crippen MR) is 69.4 cm³/mol. The summed E-state index contributed by atoms with van der Waals surface area (Å²) in [4.78, 5) is 16.8. The first-order chi connectivity index (χ1) is 8.70. The molecule has 0 amide bonds. The van der Waals surface area contributed by atoms with E-state index >= 15 is 0 Å². The zero-order chi connectivity index (χ0) is 13.0. The van der Waals surface area contributed by atoms with Gasteiger partial charge >= 0.3 is 0 Å². The number of benzene rings is 1. The fraction of sp³-hybridized carbons (Fsp3) is 0.214. The van der Waals surface area contributed by atoms with E-state index < -0.39 is 0 Å². The average Bonchev–Trinajstić information content (AvgIpc) is 2.91. The Balaban J connectivity index is 2.10. The normalized spacial score (nSPS) is 10.3. The van der Waals surface area contributed by atoms with Gasteiger partial charge in [0.2, 0.25) is 0 Å². The summed E-state index contributed by atoms with van der Waals surface area (Å²) >= 11 is 0. The van der Waals surface area contributed by atoms with Crippen LogP contribution in [-0.4, -0.2) is 23.9 Å². The van der Waals surface area contributed by atoms with Crippen LogP contribution in [-0.2, 0) is 0 Å². The standard InChI is InChI=1S/C14H15FN2O/c1-2-17(12-7-5-11(15)6-8-12)10-14(18)13-4-3-9-16-13/h3-9,16H,2,10H2,1H3. The molecule has 0 bridgehead atoms. The van der Waals surface area contributed by atoms with Crippen molar-refractivity contribution in [1.82, 2.24) is 4.98 Å². The molecule has 0 aliphatic carbocycles. The zero-order valence-corrected chi connectivity index (χ0v) is 10.2. The Labute approximate surface area is 105 Å². The van der Waals surface area contributed by atoms with Crippen LogP contribution in [0.3, 0.4) is 0 Å². The number of Topliss-reactive ketones (excluding diaryl/α,β-unsaturated/α-hetero) is 1. The van der Waals surface area contributed by atoms with Gasteiger partial charge in [0.05, 0.1) is 12.2 Å². The summed E-state index contributed by atoms with van der Waals surface area (Å²) in [6, 6.07) is 9.71. The molecule has 0 unspecified atom stereocenters. The maximum atomic E-state index is 12.8. The third-order valence-electron chi connectivity index (χ3n) is 2.81. The third kappa shape index (κ3) is 2.77. The number of likely N-dealkylation sites (N-methyl/N-ethyl adjacent to an activating group) is 1. The summed E-state index contributed by atoms with van der Waals surface area (Å²) in [5.41, 5.74) is 1.44. The molecule has 94 valence electrons. The molecule has 1 aromatic heterocycles. The van der Waals surface area contributed by atoms with Gasteiger partial charge in [-0.05, 0) is 43.3 Å². The highest BCUT2D eigenvalue weighted by molar-refractivity contribution is 5.97. The summed E-state index contributed by atoms with van der Waals surface area (Å²) in [6.45, 7) is 2.94. The Hall–Kier alpha value is -2.10. The number of hydrogen-bond donors (Lipinski definition) is 1. The highest BCUT2D eigenvalue weighted by Gasteiger charge is 2.12. The Morgan fingerprint density at radius 1 is 1.28 bits per heavy atom. The molecular weight excluding hydrogens is 231 g/mol. The zero-order valence-electron chi connectivity index (χ0n) is 10.2. The smallest absolute Gasteiger partial charge is 0.198 e. The molecule has 4 heteroatoms. The third-order valence-corrected chi connectivity index (χ3v) is 2.81. The van der Waals surface area contributed by atoms with Gasteiger partial charge in [-0.2, -0.15) is 0 Å². The minimum atomic E-state index is -0.273. The number of aromatic amines is 1. The Kier molecular flexibility index (Phi) is 3.77. The number of anilines is 1. The first-order valence-corrected chi connectivity index (χ1v) is 5.88. The topological polar surface area (TPSA) is 36.1 Å². The SMILES string of the molecule is CCN(CC(=O)c1ccc[nH]1)c1ccc(F)cc1. The van der Waals surface area contributed by atoms with E-state index in [1.807, 2.05) is 11.8 Å². The minimum absolute atomic E-state index is 0.0196. The summed E-state index contributed by atoms with van der Waals surface area (Å²) in [7, 11) is 0. The summed E-state index contributed by atoms with van der Waals surface area (Å²) in [5.74, 6) is -0.253. The van der Waals surface area contributed by atoms with Gasteiger partial charge < -0.3 is 9.88 Å². The van der Waals surface area contributed by atoms with Crippen LogP contribution < -0.4 is 4.90 Å². The fourth-order valence-corrected chi connectivity index (χ4v) is 1.80. The van der Waals surface area contributed by atoms with Gasteiger partial charge in [0.25, 0.3) is 0 Å². The number of aromatic nitrogens is 1. The Bertz CT molecular complexity index is 505. The fourth-order valence-electron chi connectivity index (χ4n) is 1.80. The van der Waals surface area contributed by atoms with Gasteiger partial charge in [-0.1, -0.05) is 0 Å². The predicted octanol–water partition coefficient (Wildman–Crippen LogP) is 2.86. The molecule has 0 spiro atoms. The number of halogens is 1. The second kappa shape index (κ2) is 5.49. The van der Waals surface area contributed by atoms with E-state index in [1.165, 1.54) is 12.1 Å². The van der Waals surface area contributed by atoms with Crippen LogP contribution in [0, 0.1) is 5.82 Å². The van der Waals surface area contributed by atoms with E-state index in [0.29, 0.717) is 12.2 Å². The van der Waals surface area contributed by atoms with Gasteiger partial charge in [-0.3, -0.25) is 4.79 Å². The minimum Gasteiger partial charge on any atom is -0.364 e. The molecule has 0 aliphatic heterocycles. The monoisotopic (exact) mass is 246 g/mol. The maximum Gasteiger partial charge on any atom is 0.198 e. The number of ketones is 1. The van der Waals surface area contributed by atoms with E-state index in [4.69, 9.17) is 0 Å². The number of carbonyl (C=O) groups is 1. The van der Waals surface area contributed by atoms with Crippen molar-refractivity contribution in [1.29, 1.82) is 0 Å². The van der Waals surface area contributed by atoms with Crippen LogP contribution >= 0.6 is 0 Å². The van der Waals surface area contributed by atoms with E-state index in [1.54, 1.807) is 30.5 Å². The lowest BCUT2D eigenvalue weighted by atomic mass is 10.2. The van der Waals surface area contributed by atoms with Crippen molar-refractivity contribution in [3.8, 4) is 0 Å². The molecule has 0 atom stereocenters. The van der Waals surface area contributed by atoms with Crippen LogP contribution in [0.1, 0.15) is 17.4 Å². The summed E-state index contributed by atoms with van der Waals surface area (Å²) in [5, 5.41) is 0. The number of hydrogen-bond acceptors (Lipinski definition) is 2. The van der Waals surface area contributed by atoms with Gasteiger partial charge in [0.15, 0.2) is 5.78 Å². The van der Waals surface area contributed by atoms with Crippen molar-refractivity contribution in [3.63, 3.8) is 0 Å². The molecule has 1 N–H and O–H groups in total. The van der Waals surface area contributed by atoms with Crippen LogP contribution in [0.15, 0.2) is 42.6 Å². The molecule has 1 heterocycles. The van der Waals surface area contributed by atoms with Crippen molar-refractivity contribution in [2.45, 2.75) is 6.92 Å². The van der Waals surface area contributed by atoms with Gasteiger partial charge in [-0.15, -0.1) is 0 Å². The molecular formula is C14H15FN2O. The first-order valence-electron chi connectivity index (χ1n) is 5.88. The number of nitrogens with one attached hydrogen (secondary N) is 1. The second-order valence-electron chi connectivity index (χ2n) is 4.00. The van der Waals surface area contributed by atoms with Crippen LogP contribution in [0.25, 0.3) is 0 Å². The van der Waals surface area contributed by atoms with Crippen molar-refractivity contribution < 1.29 is 9.18 Å². The molecule has 2 rings (SSSR count). The van der Waals surface area contributed by atoms with Gasteiger partial charge in [0.1, 0.15) is 5.82 Å². The van der Waals surface area contributed by atoms with Crippen molar-refractivity contribution >= 4 is 11.5 Å². The molecule has 18 heavy (non-hydrogen) atoms. The van der Waals surface area contributed by atoms with Crippen LogP contribution in [0.4, 0.5) is 10.1 Å². The largest absolute Gasteiger partial charge is 0.364 e. The quantitative estimate of drug-likeness (QED) is 0.823. The van der Waals surface area contributed by atoms with Crippen molar-refractivity contribution in [2.24, 2.45) is 0 Å². The summed E-state index contributed by atoms with van der Waals surface area (Å²) < 4.78 is 12.8. The number of carbonyl (C=O) groups excluding carboxylic acids is 1. The molecule has 0 fully saturated rings. The maximum absolute atomic E-state index is 12.8.